The highest BCUT2D eigenvalue weighted by Gasteiger charge is 2.09. The van der Waals surface area contributed by atoms with Gasteiger partial charge < -0.3 is 14.6 Å². The van der Waals surface area contributed by atoms with Gasteiger partial charge >= 0.3 is 0 Å². The van der Waals surface area contributed by atoms with Crippen LogP contribution in [0.15, 0.2) is 41.2 Å². The maximum absolute atomic E-state index is 6.14. The summed E-state index contributed by atoms with van der Waals surface area (Å²) in [5.41, 5.74) is 3.57. The van der Waals surface area contributed by atoms with Gasteiger partial charge in [-0.1, -0.05) is 24.6 Å². The third kappa shape index (κ3) is 4.02. The van der Waals surface area contributed by atoms with Gasteiger partial charge in [-0.25, -0.2) is 0 Å². The molecule has 0 unspecified atom stereocenters. The number of halogens is 1. The Morgan fingerprint density at radius 3 is 2.85 bits per heavy atom. The van der Waals surface area contributed by atoms with E-state index in [0.717, 1.165) is 42.3 Å². The van der Waals surface area contributed by atoms with Crippen molar-refractivity contribution in [2.45, 2.75) is 26.4 Å². The topological polar surface area (TPSA) is 28.4 Å². The van der Waals surface area contributed by atoms with E-state index < -0.39 is 0 Å². The summed E-state index contributed by atoms with van der Waals surface area (Å²) in [7, 11) is 2.07. The number of benzene rings is 1. The van der Waals surface area contributed by atoms with Crippen molar-refractivity contribution in [2.75, 3.05) is 18.5 Å². The average molecular weight is 293 g/mol. The van der Waals surface area contributed by atoms with E-state index in [1.54, 1.807) is 12.5 Å². The molecule has 0 saturated heterocycles. The first-order valence-corrected chi connectivity index (χ1v) is 7.30. The highest BCUT2D eigenvalue weighted by atomic mass is 35.5. The summed E-state index contributed by atoms with van der Waals surface area (Å²) < 4.78 is 5.12. The van der Waals surface area contributed by atoms with Gasteiger partial charge in [-0.05, 0) is 36.7 Å². The first-order chi connectivity index (χ1) is 9.70. The van der Waals surface area contributed by atoms with Crippen molar-refractivity contribution in [1.29, 1.82) is 0 Å². The molecule has 0 aliphatic carbocycles. The van der Waals surface area contributed by atoms with E-state index in [1.807, 2.05) is 18.2 Å². The molecule has 1 heterocycles. The SMILES string of the molecule is CCCNCc1ccc(Cl)cc1N(C)Cc1ccoc1. The van der Waals surface area contributed by atoms with E-state index >= 15 is 0 Å². The highest BCUT2D eigenvalue weighted by Crippen LogP contribution is 2.25. The number of nitrogens with zero attached hydrogens (tertiary/aromatic N) is 1. The molecule has 1 aromatic heterocycles. The standard InChI is InChI=1S/C16H21ClN2O/c1-3-7-18-10-14-4-5-15(17)9-16(14)19(2)11-13-6-8-20-12-13/h4-6,8-9,12,18H,3,7,10-11H2,1-2H3. The van der Waals surface area contributed by atoms with Crippen LogP contribution in [0.1, 0.15) is 24.5 Å². The van der Waals surface area contributed by atoms with Crippen molar-refractivity contribution in [3.8, 4) is 0 Å². The second-order valence-corrected chi connectivity index (χ2v) is 5.37. The second-order valence-electron chi connectivity index (χ2n) is 4.94. The molecule has 1 N–H and O–H groups in total. The van der Waals surface area contributed by atoms with Crippen LogP contribution < -0.4 is 10.2 Å². The minimum atomic E-state index is 0.762. The first kappa shape index (κ1) is 14.9. The van der Waals surface area contributed by atoms with Gasteiger partial charge in [0.1, 0.15) is 0 Å². The van der Waals surface area contributed by atoms with Crippen LogP contribution in [-0.2, 0) is 13.1 Å². The molecule has 0 spiro atoms. The van der Waals surface area contributed by atoms with Gasteiger partial charge in [0.15, 0.2) is 0 Å². The lowest BCUT2D eigenvalue weighted by atomic mass is 10.1. The predicted octanol–water partition coefficient (Wildman–Crippen LogP) is 4.07. The monoisotopic (exact) mass is 292 g/mol. The van der Waals surface area contributed by atoms with Gasteiger partial charge in [0.25, 0.3) is 0 Å². The van der Waals surface area contributed by atoms with Gasteiger partial charge in [-0.15, -0.1) is 0 Å². The normalized spacial score (nSPS) is 10.8. The molecule has 0 bridgehead atoms. The van der Waals surface area contributed by atoms with E-state index in [-0.39, 0.29) is 0 Å². The Morgan fingerprint density at radius 2 is 2.15 bits per heavy atom. The maximum Gasteiger partial charge on any atom is 0.0952 e. The van der Waals surface area contributed by atoms with E-state index in [4.69, 9.17) is 16.0 Å². The minimum absolute atomic E-state index is 0.762. The van der Waals surface area contributed by atoms with E-state index in [9.17, 15) is 0 Å². The Kier molecular flexibility index (Phi) is 5.50. The van der Waals surface area contributed by atoms with Gasteiger partial charge in [0.2, 0.25) is 0 Å². The number of furan rings is 1. The fourth-order valence-corrected chi connectivity index (χ4v) is 2.35. The van der Waals surface area contributed by atoms with Crippen molar-refractivity contribution in [1.82, 2.24) is 5.32 Å². The fraction of sp³-hybridized carbons (Fsp3) is 0.375. The lowest BCUT2D eigenvalue weighted by Gasteiger charge is -2.22. The predicted molar refractivity (Wildman–Crippen MR) is 84.3 cm³/mol. The molecular formula is C16H21ClN2O. The van der Waals surface area contributed by atoms with Crippen molar-refractivity contribution in [3.63, 3.8) is 0 Å². The van der Waals surface area contributed by atoms with Crippen LogP contribution in [0.25, 0.3) is 0 Å². The first-order valence-electron chi connectivity index (χ1n) is 6.92. The van der Waals surface area contributed by atoms with Crippen LogP contribution in [-0.4, -0.2) is 13.6 Å². The number of nitrogens with one attached hydrogen (secondary N) is 1. The summed E-state index contributed by atoms with van der Waals surface area (Å²) >= 11 is 6.14. The molecular weight excluding hydrogens is 272 g/mol. The van der Waals surface area contributed by atoms with Crippen molar-refractivity contribution >= 4 is 17.3 Å². The molecule has 0 fully saturated rings. The molecule has 2 aromatic rings. The third-order valence-corrected chi connectivity index (χ3v) is 3.44. The largest absolute Gasteiger partial charge is 0.472 e. The molecule has 0 aliphatic rings. The Bertz CT molecular complexity index is 525. The summed E-state index contributed by atoms with van der Waals surface area (Å²) in [4.78, 5) is 2.19. The molecule has 3 nitrogen and oxygen atoms in total. The summed E-state index contributed by atoms with van der Waals surface area (Å²) in [6.07, 6.45) is 4.61. The van der Waals surface area contributed by atoms with Crippen LogP contribution in [0.3, 0.4) is 0 Å². The van der Waals surface area contributed by atoms with Gasteiger partial charge in [0.05, 0.1) is 12.5 Å². The second kappa shape index (κ2) is 7.36. The highest BCUT2D eigenvalue weighted by molar-refractivity contribution is 6.30. The van der Waals surface area contributed by atoms with E-state index in [0.29, 0.717) is 0 Å². The smallest absolute Gasteiger partial charge is 0.0952 e. The Labute approximate surface area is 125 Å². The Morgan fingerprint density at radius 1 is 1.30 bits per heavy atom. The van der Waals surface area contributed by atoms with Crippen LogP contribution in [0.2, 0.25) is 5.02 Å². The molecule has 0 amide bonds. The Balaban J connectivity index is 2.13. The maximum atomic E-state index is 6.14. The molecule has 0 aliphatic heterocycles. The van der Waals surface area contributed by atoms with Gasteiger partial charge in [-0.3, -0.25) is 0 Å². The number of hydrogen-bond acceptors (Lipinski definition) is 3. The molecule has 1 aromatic carbocycles. The summed E-state index contributed by atoms with van der Waals surface area (Å²) in [6.45, 7) is 4.85. The summed E-state index contributed by atoms with van der Waals surface area (Å²) in [5, 5.41) is 4.20. The molecule has 2 rings (SSSR count). The third-order valence-electron chi connectivity index (χ3n) is 3.20. The minimum Gasteiger partial charge on any atom is -0.472 e. The summed E-state index contributed by atoms with van der Waals surface area (Å²) in [6, 6.07) is 8.03. The molecule has 108 valence electrons. The van der Waals surface area contributed by atoms with Gasteiger partial charge in [0, 0.05) is 36.4 Å². The number of rotatable bonds is 7. The zero-order valence-electron chi connectivity index (χ0n) is 12.0. The molecule has 0 radical (unpaired) electrons. The van der Waals surface area contributed by atoms with Gasteiger partial charge in [-0.2, -0.15) is 0 Å². The average Bonchev–Trinajstić information content (AvgIpc) is 2.93. The van der Waals surface area contributed by atoms with Crippen molar-refractivity contribution in [3.05, 3.63) is 52.9 Å². The lowest BCUT2D eigenvalue weighted by molar-refractivity contribution is 0.563. The van der Waals surface area contributed by atoms with Crippen LogP contribution in [0.4, 0.5) is 5.69 Å². The van der Waals surface area contributed by atoms with Crippen LogP contribution >= 0.6 is 11.6 Å². The molecule has 0 saturated carbocycles. The van der Waals surface area contributed by atoms with Crippen LogP contribution in [0.5, 0.6) is 0 Å². The van der Waals surface area contributed by atoms with E-state index in [2.05, 4.69) is 30.3 Å². The number of hydrogen-bond donors (Lipinski definition) is 1. The fourth-order valence-electron chi connectivity index (χ4n) is 2.18. The Hall–Kier alpha value is -1.45. The number of anilines is 1. The van der Waals surface area contributed by atoms with Crippen molar-refractivity contribution < 1.29 is 4.42 Å². The quantitative estimate of drug-likeness (QED) is 0.780. The molecule has 20 heavy (non-hydrogen) atoms. The van der Waals surface area contributed by atoms with Crippen LogP contribution in [0, 0.1) is 0 Å². The molecule has 0 atom stereocenters. The zero-order chi connectivity index (χ0) is 14.4. The van der Waals surface area contributed by atoms with Crippen molar-refractivity contribution in [2.24, 2.45) is 0 Å². The zero-order valence-corrected chi connectivity index (χ0v) is 12.8. The van der Waals surface area contributed by atoms with E-state index in [1.165, 1.54) is 5.56 Å². The summed E-state index contributed by atoms with van der Waals surface area (Å²) in [5.74, 6) is 0. The molecule has 4 heteroatoms. The lowest BCUT2D eigenvalue weighted by Crippen LogP contribution is -2.21.